The van der Waals surface area contributed by atoms with Crippen LogP contribution < -0.4 is 0 Å². The Labute approximate surface area is 67.2 Å². The van der Waals surface area contributed by atoms with Crippen molar-refractivity contribution in [1.29, 1.82) is 0 Å². The maximum Gasteiger partial charge on any atom is 0.163 e. The van der Waals surface area contributed by atoms with E-state index in [9.17, 15) is 4.79 Å². The van der Waals surface area contributed by atoms with Crippen molar-refractivity contribution in [2.24, 2.45) is 5.92 Å². The van der Waals surface area contributed by atoms with Crippen LogP contribution in [-0.2, 0) is 9.53 Å². The van der Waals surface area contributed by atoms with Gasteiger partial charge in [-0.2, -0.15) is 0 Å². The Bertz CT molecular complexity index is 202. The highest BCUT2D eigenvalue weighted by atomic mass is 16.5. The highest BCUT2D eigenvalue weighted by molar-refractivity contribution is 5.98. The van der Waals surface area contributed by atoms with Crippen LogP contribution in [0.2, 0.25) is 0 Å². The summed E-state index contributed by atoms with van der Waals surface area (Å²) in [6, 6.07) is 0. The fourth-order valence-electron chi connectivity index (χ4n) is 1.15. The van der Waals surface area contributed by atoms with Crippen LogP contribution in [0.5, 0.6) is 0 Å². The van der Waals surface area contributed by atoms with Gasteiger partial charge in [-0.15, -0.1) is 0 Å². The van der Waals surface area contributed by atoms with E-state index >= 15 is 0 Å². The molecule has 1 rings (SSSR count). The molecule has 0 N–H and O–H groups in total. The second-order valence-electron chi connectivity index (χ2n) is 3.27. The van der Waals surface area contributed by atoms with Crippen LogP contribution in [-0.4, -0.2) is 19.0 Å². The van der Waals surface area contributed by atoms with Gasteiger partial charge in [-0.3, -0.25) is 4.79 Å². The van der Waals surface area contributed by atoms with Crippen LogP contribution in [0.3, 0.4) is 0 Å². The minimum absolute atomic E-state index is 0.0987. The van der Waals surface area contributed by atoms with E-state index in [1.807, 2.05) is 20.8 Å². The third-order valence-electron chi connectivity index (χ3n) is 1.90. The van der Waals surface area contributed by atoms with Gasteiger partial charge in [0, 0.05) is 11.5 Å². The Morgan fingerprint density at radius 2 is 2.09 bits per heavy atom. The molecular weight excluding hydrogens is 140 g/mol. The monoisotopic (exact) mass is 154 g/mol. The van der Waals surface area contributed by atoms with Crippen LogP contribution in [0.15, 0.2) is 11.1 Å². The summed E-state index contributed by atoms with van der Waals surface area (Å²) in [6.07, 6.45) is 0. The van der Waals surface area contributed by atoms with Crippen LogP contribution >= 0.6 is 0 Å². The quantitative estimate of drug-likeness (QED) is 0.603. The Morgan fingerprint density at radius 1 is 1.45 bits per heavy atom. The lowest BCUT2D eigenvalue weighted by Crippen LogP contribution is -2.12. The number of hydrogen-bond donors (Lipinski definition) is 0. The number of carbonyl (C=O) groups is 1. The summed E-state index contributed by atoms with van der Waals surface area (Å²) < 4.78 is 5.15. The van der Waals surface area contributed by atoms with Crippen LogP contribution in [0.25, 0.3) is 0 Å². The molecule has 2 heteroatoms. The molecule has 1 aliphatic heterocycles. The molecule has 0 aromatic carbocycles. The van der Waals surface area contributed by atoms with Crippen molar-refractivity contribution >= 4 is 5.78 Å². The molecule has 2 nitrogen and oxygen atoms in total. The van der Waals surface area contributed by atoms with Crippen LogP contribution in [0.4, 0.5) is 0 Å². The minimum atomic E-state index is 0.0987. The fraction of sp³-hybridized carbons (Fsp3) is 0.667. The van der Waals surface area contributed by atoms with Gasteiger partial charge >= 0.3 is 0 Å². The first-order chi connectivity index (χ1) is 5.13. The zero-order valence-electron chi connectivity index (χ0n) is 7.31. The molecule has 0 saturated carbocycles. The van der Waals surface area contributed by atoms with E-state index in [-0.39, 0.29) is 11.7 Å². The highest BCUT2D eigenvalue weighted by Gasteiger charge is 2.20. The standard InChI is InChI=1S/C9H14O2/c1-6(2)9(10)8-5-11-4-7(8)3/h6H,4-5H2,1-3H3. The Kier molecular flexibility index (Phi) is 2.45. The van der Waals surface area contributed by atoms with Crippen LogP contribution in [0.1, 0.15) is 20.8 Å². The molecule has 1 heterocycles. The lowest BCUT2D eigenvalue weighted by Gasteiger charge is -2.03. The van der Waals surface area contributed by atoms with Gasteiger partial charge in [-0.1, -0.05) is 13.8 Å². The summed E-state index contributed by atoms with van der Waals surface area (Å²) >= 11 is 0. The normalized spacial score (nSPS) is 18.2. The van der Waals surface area contributed by atoms with Crippen molar-refractivity contribution in [3.05, 3.63) is 11.1 Å². The number of ether oxygens (including phenoxy) is 1. The molecule has 0 radical (unpaired) electrons. The van der Waals surface area contributed by atoms with E-state index in [2.05, 4.69) is 0 Å². The summed E-state index contributed by atoms with van der Waals surface area (Å²) in [5, 5.41) is 0. The second-order valence-corrected chi connectivity index (χ2v) is 3.27. The fourth-order valence-corrected chi connectivity index (χ4v) is 1.15. The second kappa shape index (κ2) is 3.18. The van der Waals surface area contributed by atoms with Gasteiger partial charge in [0.05, 0.1) is 13.2 Å². The van der Waals surface area contributed by atoms with Crippen molar-refractivity contribution in [1.82, 2.24) is 0 Å². The molecule has 0 amide bonds. The van der Waals surface area contributed by atoms with E-state index < -0.39 is 0 Å². The maximum absolute atomic E-state index is 11.4. The molecule has 0 fully saturated rings. The molecule has 1 aliphatic rings. The van der Waals surface area contributed by atoms with Crippen molar-refractivity contribution in [2.75, 3.05) is 13.2 Å². The lowest BCUT2D eigenvalue weighted by molar-refractivity contribution is -0.118. The average molecular weight is 154 g/mol. The van der Waals surface area contributed by atoms with E-state index in [0.29, 0.717) is 13.2 Å². The van der Waals surface area contributed by atoms with Gasteiger partial charge in [0.1, 0.15) is 0 Å². The Morgan fingerprint density at radius 3 is 2.45 bits per heavy atom. The smallest absolute Gasteiger partial charge is 0.163 e. The summed E-state index contributed by atoms with van der Waals surface area (Å²) in [6.45, 7) is 6.95. The van der Waals surface area contributed by atoms with E-state index in [1.54, 1.807) is 0 Å². The number of Topliss-reactive ketones (excluding diaryl/α,β-unsaturated/α-hetero) is 1. The molecule has 0 bridgehead atoms. The molecule has 0 aromatic rings. The van der Waals surface area contributed by atoms with Gasteiger partial charge in [-0.05, 0) is 12.5 Å². The predicted molar refractivity (Wildman–Crippen MR) is 43.4 cm³/mol. The average Bonchev–Trinajstić information content (AvgIpc) is 2.33. The molecular formula is C9H14O2. The van der Waals surface area contributed by atoms with Crippen LogP contribution in [0, 0.1) is 5.92 Å². The first-order valence-corrected chi connectivity index (χ1v) is 3.93. The number of hydrogen-bond acceptors (Lipinski definition) is 2. The Balaban J connectivity index is 2.74. The molecule has 0 atom stereocenters. The lowest BCUT2D eigenvalue weighted by atomic mass is 9.99. The van der Waals surface area contributed by atoms with Crippen molar-refractivity contribution in [3.8, 4) is 0 Å². The molecule has 0 unspecified atom stereocenters. The summed E-state index contributed by atoms with van der Waals surface area (Å²) in [4.78, 5) is 11.4. The van der Waals surface area contributed by atoms with Gasteiger partial charge in [-0.25, -0.2) is 0 Å². The summed E-state index contributed by atoms with van der Waals surface area (Å²) in [5.74, 6) is 0.335. The minimum Gasteiger partial charge on any atom is -0.372 e. The van der Waals surface area contributed by atoms with Gasteiger partial charge in [0.25, 0.3) is 0 Å². The first-order valence-electron chi connectivity index (χ1n) is 3.93. The number of carbonyl (C=O) groups excluding carboxylic acids is 1. The summed E-state index contributed by atoms with van der Waals surface area (Å²) in [7, 11) is 0. The predicted octanol–water partition coefficient (Wildman–Crippen LogP) is 1.56. The molecule has 0 aliphatic carbocycles. The topological polar surface area (TPSA) is 26.3 Å². The maximum atomic E-state index is 11.4. The Hall–Kier alpha value is -0.630. The third-order valence-corrected chi connectivity index (χ3v) is 1.90. The largest absolute Gasteiger partial charge is 0.372 e. The zero-order chi connectivity index (χ0) is 8.43. The third kappa shape index (κ3) is 1.69. The SMILES string of the molecule is CC1=C(C(=O)C(C)C)COC1. The molecule has 62 valence electrons. The molecule has 0 aromatic heterocycles. The van der Waals surface area contributed by atoms with E-state index in [1.165, 1.54) is 0 Å². The van der Waals surface area contributed by atoms with Gasteiger partial charge in [0.2, 0.25) is 0 Å². The molecule has 0 saturated heterocycles. The number of ketones is 1. The van der Waals surface area contributed by atoms with E-state index in [4.69, 9.17) is 4.74 Å². The number of rotatable bonds is 2. The zero-order valence-corrected chi connectivity index (χ0v) is 7.31. The highest BCUT2D eigenvalue weighted by Crippen LogP contribution is 2.17. The summed E-state index contributed by atoms with van der Waals surface area (Å²) in [5.41, 5.74) is 1.99. The van der Waals surface area contributed by atoms with Gasteiger partial charge in [0.15, 0.2) is 5.78 Å². The van der Waals surface area contributed by atoms with Crippen molar-refractivity contribution in [2.45, 2.75) is 20.8 Å². The van der Waals surface area contributed by atoms with Crippen molar-refractivity contribution in [3.63, 3.8) is 0 Å². The molecule has 11 heavy (non-hydrogen) atoms. The van der Waals surface area contributed by atoms with E-state index in [0.717, 1.165) is 11.1 Å². The molecule has 0 spiro atoms. The first kappa shape index (κ1) is 8.47. The van der Waals surface area contributed by atoms with Crippen molar-refractivity contribution < 1.29 is 9.53 Å². The van der Waals surface area contributed by atoms with Gasteiger partial charge < -0.3 is 4.74 Å².